The van der Waals surface area contributed by atoms with Crippen LogP contribution in [0.1, 0.15) is 37.8 Å². The number of aryl methyl sites for hydroxylation is 1. The first kappa shape index (κ1) is 20.0. The second-order valence-corrected chi connectivity index (χ2v) is 6.56. The van der Waals surface area contributed by atoms with Gasteiger partial charge in [-0.3, -0.25) is 0 Å². The predicted octanol–water partition coefficient (Wildman–Crippen LogP) is 4.67. The third-order valence-electron chi connectivity index (χ3n) is 4.06. The number of hydrogen-bond donors (Lipinski definition) is 0. The first-order chi connectivity index (χ1) is 12.3. The molecule has 0 bridgehead atoms. The van der Waals surface area contributed by atoms with Gasteiger partial charge in [0.05, 0.1) is 0 Å². The molecule has 26 heavy (non-hydrogen) atoms. The molecule has 0 radical (unpaired) electrons. The normalized spacial score (nSPS) is 11.0. The maximum Gasteiger partial charge on any atom is 0.409 e. The summed E-state index contributed by atoms with van der Waals surface area (Å²) in [6.45, 7) is 6.27. The highest BCUT2D eigenvalue weighted by atomic mass is 19.1. The number of nitrogens with zero attached hydrogens (tertiary/aromatic N) is 1. The molecule has 0 spiro atoms. The zero-order chi connectivity index (χ0) is 19.3. The summed E-state index contributed by atoms with van der Waals surface area (Å²) in [5, 5.41) is 1.85. The maximum absolute atomic E-state index is 14.2. The van der Waals surface area contributed by atoms with Crippen molar-refractivity contribution < 1.29 is 23.7 Å². The summed E-state index contributed by atoms with van der Waals surface area (Å²) in [5.41, 5.74) is 1.73. The van der Waals surface area contributed by atoms with Crippen molar-refractivity contribution in [2.75, 3.05) is 27.3 Å². The van der Waals surface area contributed by atoms with Crippen molar-refractivity contribution in [2.24, 2.45) is 0 Å². The van der Waals surface area contributed by atoms with Crippen LogP contribution in [0.3, 0.4) is 0 Å². The van der Waals surface area contributed by atoms with Crippen LogP contribution in [-0.2, 0) is 16.0 Å². The van der Waals surface area contributed by atoms with Gasteiger partial charge in [-0.05, 0) is 52.4 Å². The fourth-order valence-electron chi connectivity index (χ4n) is 2.77. The van der Waals surface area contributed by atoms with Crippen LogP contribution in [0, 0.1) is 5.82 Å². The molecular weight excluding hydrogens is 337 g/mol. The second kappa shape index (κ2) is 8.85. The lowest BCUT2D eigenvalue weighted by Gasteiger charge is -2.16. The lowest BCUT2D eigenvalue weighted by atomic mass is 9.91. The van der Waals surface area contributed by atoms with Gasteiger partial charge in [-0.2, -0.15) is 4.89 Å². The lowest BCUT2D eigenvalue weighted by molar-refractivity contribution is -0.212. The van der Waals surface area contributed by atoms with E-state index in [4.69, 9.17) is 14.5 Å². The third-order valence-corrected chi connectivity index (χ3v) is 4.06. The Balaban J connectivity index is 2.14. The van der Waals surface area contributed by atoms with E-state index in [1.807, 2.05) is 19.1 Å². The quantitative estimate of drug-likeness (QED) is 0.407. The van der Waals surface area contributed by atoms with Gasteiger partial charge in [0.1, 0.15) is 19.0 Å². The highest BCUT2D eigenvalue weighted by Gasteiger charge is 2.15. The first-order valence-electron chi connectivity index (χ1n) is 8.73. The molecule has 0 unspecified atom stereocenters. The Bertz CT molecular complexity index is 774. The topological polar surface area (TPSA) is 48.0 Å². The molecule has 0 atom stereocenters. The molecule has 0 heterocycles. The van der Waals surface area contributed by atoms with Crippen molar-refractivity contribution in [3.63, 3.8) is 0 Å². The van der Waals surface area contributed by atoms with E-state index < -0.39 is 6.09 Å². The molecule has 5 nitrogen and oxygen atoms in total. The Kier molecular flexibility index (Phi) is 6.80. The molecule has 142 valence electrons. The Morgan fingerprint density at radius 3 is 2.54 bits per heavy atom. The fourth-order valence-corrected chi connectivity index (χ4v) is 2.77. The third kappa shape index (κ3) is 4.64. The maximum atomic E-state index is 14.2. The summed E-state index contributed by atoms with van der Waals surface area (Å²) in [6, 6.07) is 6.93. The van der Waals surface area contributed by atoms with Gasteiger partial charge < -0.3 is 14.5 Å². The number of hydrogen-bond acceptors (Lipinski definition) is 4. The minimum absolute atomic E-state index is 0.0901. The smallest absolute Gasteiger partial charge is 0.409 e. The minimum atomic E-state index is -0.435. The van der Waals surface area contributed by atoms with Crippen LogP contribution >= 0.6 is 0 Å². The summed E-state index contributed by atoms with van der Waals surface area (Å²) in [4.78, 5) is 23.1. The van der Waals surface area contributed by atoms with Crippen LogP contribution in [0.2, 0.25) is 0 Å². The Labute approximate surface area is 153 Å². The Morgan fingerprint density at radius 1 is 1.19 bits per heavy atom. The zero-order valence-electron chi connectivity index (χ0n) is 16.0. The molecule has 0 N–H and O–H groups in total. The number of carbonyl (C=O) groups excluding carboxylic acids is 1. The average Bonchev–Trinajstić information content (AvgIpc) is 2.60. The Morgan fingerprint density at radius 2 is 1.92 bits per heavy atom. The second-order valence-electron chi connectivity index (χ2n) is 6.56. The van der Waals surface area contributed by atoms with Crippen LogP contribution in [-0.4, -0.2) is 38.3 Å². The molecular formula is C20H26FNO4. The molecule has 2 rings (SSSR count). The molecule has 0 aromatic heterocycles. The minimum Gasteiger partial charge on any atom is -0.447 e. The molecule has 0 saturated carbocycles. The molecule has 6 heteroatoms. The van der Waals surface area contributed by atoms with E-state index in [9.17, 15) is 9.18 Å². The number of rotatable bonds is 7. The molecule has 0 aliphatic rings. The number of benzene rings is 2. The SMILES string of the molecule is CCc1c(F)ccc2cc(OOCCOC(=O)N(C)C)cc(C(C)C)c12. The monoisotopic (exact) mass is 363 g/mol. The van der Waals surface area contributed by atoms with E-state index in [2.05, 4.69) is 13.8 Å². The van der Waals surface area contributed by atoms with E-state index in [1.165, 1.54) is 11.0 Å². The summed E-state index contributed by atoms with van der Waals surface area (Å²) in [6.07, 6.45) is 0.187. The van der Waals surface area contributed by atoms with E-state index in [0.29, 0.717) is 17.7 Å². The highest BCUT2D eigenvalue weighted by molar-refractivity contribution is 5.90. The van der Waals surface area contributed by atoms with Gasteiger partial charge in [0.15, 0.2) is 5.75 Å². The number of ether oxygens (including phenoxy) is 1. The summed E-state index contributed by atoms with van der Waals surface area (Å²) in [5.74, 6) is 0.553. The molecule has 0 saturated heterocycles. The van der Waals surface area contributed by atoms with Crippen molar-refractivity contribution in [1.82, 2.24) is 4.90 Å². The number of amides is 1. The van der Waals surface area contributed by atoms with Gasteiger partial charge in [0, 0.05) is 14.1 Å². The largest absolute Gasteiger partial charge is 0.447 e. The fraction of sp³-hybridized carbons (Fsp3) is 0.450. The van der Waals surface area contributed by atoms with Crippen LogP contribution in [0.5, 0.6) is 5.75 Å². The van der Waals surface area contributed by atoms with E-state index >= 15 is 0 Å². The van der Waals surface area contributed by atoms with Crippen LogP contribution in [0.15, 0.2) is 24.3 Å². The molecule has 2 aromatic rings. The molecule has 0 aliphatic heterocycles. The van der Waals surface area contributed by atoms with Gasteiger partial charge in [-0.15, -0.1) is 0 Å². The van der Waals surface area contributed by atoms with Crippen molar-refractivity contribution >= 4 is 16.9 Å². The van der Waals surface area contributed by atoms with Crippen molar-refractivity contribution in [1.29, 1.82) is 0 Å². The number of halogens is 1. The van der Waals surface area contributed by atoms with Gasteiger partial charge >= 0.3 is 6.09 Å². The van der Waals surface area contributed by atoms with Gasteiger partial charge in [-0.1, -0.05) is 26.8 Å². The van der Waals surface area contributed by atoms with E-state index in [0.717, 1.165) is 16.3 Å². The number of carbonyl (C=O) groups is 1. The average molecular weight is 363 g/mol. The summed E-state index contributed by atoms with van der Waals surface area (Å²) < 4.78 is 19.1. The van der Waals surface area contributed by atoms with Gasteiger partial charge in [0.25, 0.3) is 0 Å². The highest BCUT2D eigenvalue weighted by Crippen LogP contribution is 2.34. The predicted molar refractivity (Wildman–Crippen MR) is 99.0 cm³/mol. The number of fused-ring (bicyclic) bond motifs is 1. The van der Waals surface area contributed by atoms with Gasteiger partial charge in [-0.25, -0.2) is 9.18 Å². The van der Waals surface area contributed by atoms with E-state index in [1.54, 1.807) is 20.2 Å². The molecule has 0 aliphatic carbocycles. The zero-order valence-corrected chi connectivity index (χ0v) is 16.0. The van der Waals surface area contributed by atoms with Gasteiger partial charge in [0.2, 0.25) is 0 Å². The molecule has 0 fully saturated rings. The van der Waals surface area contributed by atoms with Crippen LogP contribution in [0.25, 0.3) is 10.8 Å². The van der Waals surface area contributed by atoms with E-state index in [-0.39, 0.29) is 24.9 Å². The standard InChI is InChI=1S/C20H26FNO4/c1-6-16-18(21)8-7-14-11-15(12-17(13(2)3)19(14)16)26-25-10-9-24-20(23)22(4)5/h7-8,11-13H,6,9-10H2,1-5H3. The van der Waals surface area contributed by atoms with Crippen LogP contribution < -0.4 is 4.89 Å². The first-order valence-corrected chi connectivity index (χ1v) is 8.73. The van der Waals surface area contributed by atoms with Crippen molar-refractivity contribution in [3.05, 3.63) is 41.2 Å². The summed E-state index contributed by atoms with van der Waals surface area (Å²) in [7, 11) is 3.21. The summed E-state index contributed by atoms with van der Waals surface area (Å²) >= 11 is 0. The lowest BCUT2D eigenvalue weighted by Crippen LogP contribution is -2.24. The van der Waals surface area contributed by atoms with Crippen molar-refractivity contribution in [3.8, 4) is 5.75 Å². The molecule has 1 amide bonds. The van der Waals surface area contributed by atoms with Crippen LogP contribution in [0.4, 0.5) is 9.18 Å². The van der Waals surface area contributed by atoms with Crippen molar-refractivity contribution in [2.45, 2.75) is 33.1 Å². The molecule has 2 aromatic carbocycles. The Hall–Kier alpha value is -2.34.